The predicted molar refractivity (Wildman–Crippen MR) is 317 cm³/mol. The zero-order chi connectivity index (χ0) is 58.2. The molecular formula is C62H76N12O9S. The largest absolute Gasteiger partial charge is 0.507 e. The summed E-state index contributed by atoms with van der Waals surface area (Å²) in [6.07, 6.45) is 9.73. The van der Waals surface area contributed by atoms with Gasteiger partial charge in [0, 0.05) is 113 Å². The molecule has 8 heterocycles. The molecule has 0 spiro atoms. The smallest absolute Gasteiger partial charge is 0.254 e. The van der Waals surface area contributed by atoms with E-state index in [9.17, 15) is 24.6 Å². The van der Waals surface area contributed by atoms with Gasteiger partial charge in [0.1, 0.15) is 36.5 Å². The molecule has 0 radical (unpaired) electrons. The van der Waals surface area contributed by atoms with E-state index < -0.39 is 30.0 Å². The molecule has 2 unspecified atom stereocenters. The van der Waals surface area contributed by atoms with E-state index >= 15 is 0 Å². The van der Waals surface area contributed by atoms with Gasteiger partial charge in [0.05, 0.1) is 45.8 Å². The molecule has 84 heavy (non-hydrogen) atoms. The number of carbonyl (C=O) groups is 3. The lowest BCUT2D eigenvalue weighted by molar-refractivity contribution is -0.143. The summed E-state index contributed by atoms with van der Waals surface area (Å²) in [5.41, 5.74) is 13.9. The fourth-order valence-corrected chi connectivity index (χ4v) is 13.9. The summed E-state index contributed by atoms with van der Waals surface area (Å²) >= 11 is 1.54. The zero-order valence-electron chi connectivity index (χ0n) is 48.2. The van der Waals surface area contributed by atoms with Crippen LogP contribution in [0.1, 0.15) is 107 Å². The molecule has 2 saturated carbocycles. The second-order valence-corrected chi connectivity index (χ2v) is 24.8. The molecule has 4 aromatic heterocycles. The van der Waals surface area contributed by atoms with Gasteiger partial charge in [-0.05, 0) is 98.3 Å². The quantitative estimate of drug-likeness (QED) is 0.0592. The number of amides is 3. The number of likely N-dealkylation sites (N-methyl/N-ethyl adjacent to an activating group) is 1. The first-order valence-corrected chi connectivity index (χ1v) is 30.7. The number of para-hydroxylation sites is 1. The summed E-state index contributed by atoms with van der Waals surface area (Å²) in [7, 11) is 1.78. The number of piperazine rings is 1. The monoisotopic (exact) mass is 1160 g/mol. The van der Waals surface area contributed by atoms with Gasteiger partial charge in [-0.1, -0.05) is 50.2 Å². The van der Waals surface area contributed by atoms with Crippen molar-refractivity contribution in [1.29, 1.82) is 0 Å². The number of aromatic nitrogens is 5. The van der Waals surface area contributed by atoms with Crippen molar-refractivity contribution >= 4 is 46.3 Å². The van der Waals surface area contributed by atoms with E-state index in [4.69, 9.17) is 24.5 Å². The van der Waals surface area contributed by atoms with Crippen LogP contribution in [0.4, 0.5) is 17.2 Å². The number of nitrogens with one attached hydrogen (secondary N) is 1. The molecule has 6 aliphatic rings. The van der Waals surface area contributed by atoms with E-state index in [-0.39, 0.29) is 78.8 Å². The number of nitrogens with zero attached hydrogens (tertiary/aromatic N) is 10. The lowest BCUT2D eigenvalue weighted by Gasteiger charge is -2.43. The van der Waals surface area contributed by atoms with Gasteiger partial charge in [0.25, 0.3) is 5.88 Å². The van der Waals surface area contributed by atoms with Crippen LogP contribution >= 0.6 is 11.3 Å². The third-order valence-corrected chi connectivity index (χ3v) is 19.1. The maximum absolute atomic E-state index is 14.6. The van der Waals surface area contributed by atoms with Crippen LogP contribution in [0.3, 0.4) is 0 Å². The zero-order valence-corrected chi connectivity index (χ0v) is 49.0. The highest BCUT2D eigenvalue weighted by Gasteiger charge is 2.46. The number of nitrogens with two attached hydrogens (primary N) is 1. The maximum Gasteiger partial charge on any atom is 0.254 e. The highest BCUT2D eigenvalue weighted by Crippen LogP contribution is 2.41. The van der Waals surface area contributed by atoms with E-state index in [2.05, 4.69) is 57.5 Å². The normalized spacial score (nSPS) is 23.5. The third kappa shape index (κ3) is 12.1. The fraction of sp³-hybridized carbons (Fsp3) is 0.516. The lowest BCUT2D eigenvalue weighted by atomic mass is 9.90. The number of ether oxygens (including phenoxy) is 3. The maximum atomic E-state index is 14.6. The molecule has 3 amide bonds. The fourth-order valence-electron chi connectivity index (χ4n) is 13.1. The van der Waals surface area contributed by atoms with Crippen LogP contribution in [0.5, 0.6) is 17.5 Å². The minimum absolute atomic E-state index is 0.0299. The molecule has 21 nitrogen and oxygen atoms in total. The van der Waals surface area contributed by atoms with Gasteiger partial charge in [0.2, 0.25) is 23.6 Å². The molecule has 6 atom stereocenters. The Morgan fingerprint density at radius 2 is 1.64 bits per heavy atom. The number of aliphatic hydroxyl groups is 1. The number of carbonyl (C=O) groups excluding carboxylic acids is 3. The van der Waals surface area contributed by atoms with Crippen LogP contribution < -0.4 is 30.3 Å². The summed E-state index contributed by atoms with van der Waals surface area (Å²) in [5.74, 6) is -0.416. The van der Waals surface area contributed by atoms with Crippen LogP contribution in [0.15, 0.2) is 89.0 Å². The van der Waals surface area contributed by atoms with E-state index in [1.54, 1.807) is 47.0 Å². The molecule has 4 aliphatic heterocycles. The Morgan fingerprint density at radius 3 is 2.35 bits per heavy atom. The Hall–Kier alpha value is -7.40. The number of aromatic hydroxyl groups is 1. The third-order valence-electron chi connectivity index (χ3n) is 18.1. The number of phenolic OH excluding ortho intramolecular Hbond substituents is 1. The van der Waals surface area contributed by atoms with Gasteiger partial charge in [-0.3, -0.25) is 19.3 Å². The van der Waals surface area contributed by atoms with E-state index in [0.29, 0.717) is 47.4 Å². The second-order valence-electron chi connectivity index (χ2n) is 24.0. The highest BCUT2D eigenvalue weighted by molar-refractivity contribution is 7.13. The number of aryl methyl sites for hydroxylation is 1. The molecule has 6 aromatic rings. The Kier molecular flexibility index (Phi) is 16.8. The number of nitrogen functional groups attached to an aromatic ring is 1. The van der Waals surface area contributed by atoms with Crippen LogP contribution in [0.2, 0.25) is 0 Å². The number of pyridine rings is 1. The van der Waals surface area contributed by atoms with Crippen LogP contribution in [-0.4, -0.2) is 169 Å². The number of rotatable bonds is 20. The molecule has 2 aromatic carbocycles. The Bertz CT molecular complexity index is 3280. The number of β-amino-alcohol motifs (C(OH)–C–C–N with tert-alkyl or cyclic N) is 1. The van der Waals surface area contributed by atoms with E-state index in [0.717, 1.165) is 111 Å². The number of piperidine rings is 1. The van der Waals surface area contributed by atoms with Crippen molar-refractivity contribution in [3.63, 3.8) is 0 Å². The number of hydrogen-bond acceptors (Lipinski definition) is 19. The minimum Gasteiger partial charge on any atom is -0.507 e. The Labute approximate surface area is 493 Å². The standard InChI is InChI=1S/C62H76N12O9S/c1-36(2)56(61(78)73-34-44(75)27-51(73)60(77)66-57(62(79)70(4)40-8-7-9-40)38-12-14-39(15-13-38)58-37(3)65-35-84-58)53-31-55(69-83-53)80-25-24-71-22-19-45(20-23-71)81-46-28-47(29-46)82-54-26-41(18-21-64-54)74-42-16-17-43(74)33-72(32-42)50-30-49(67-68-59(50)63)48-10-5-6-11-52(48)76/h5-6,10-15,18,21,26,30-31,35-36,40,42-47,51,56-57,75-76H,7-9,16-17,19-20,22-25,27-29,32-34H2,1-4H3,(H2,63,68)(H,66,77)/t42?,43?,44-,46-,47-,51+,56-,57-/m1/s1. The van der Waals surface area contributed by atoms with Crippen molar-refractivity contribution in [2.45, 2.75) is 146 Å². The summed E-state index contributed by atoms with van der Waals surface area (Å²) in [5, 5.41) is 37.2. The van der Waals surface area contributed by atoms with Gasteiger partial charge in [-0.15, -0.1) is 21.5 Å². The average molecular weight is 1170 g/mol. The van der Waals surface area contributed by atoms with Crippen molar-refractivity contribution in [2.75, 3.05) is 68.5 Å². The van der Waals surface area contributed by atoms with Gasteiger partial charge in [0.15, 0.2) is 11.6 Å². The van der Waals surface area contributed by atoms with Crippen LogP contribution in [0.25, 0.3) is 21.7 Å². The van der Waals surface area contributed by atoms with Crippen molar-refractivity contribution in [2.24, 2.45) is 5.92 Å². The van der Waals surface area contributed by atoms with Crippen LogP contribution in [-0.2, 0) is 19.1 Å². The van der Waals surface area contributed by atoms with Crippen molar-refractivity contribution in [3.05, 3.63) is 102 Å². The van der Waals surface area contributed by atoms with Gasteiger partial charge in [-0.25, -0.2) is 9.97 Å². The summed E-state index contributed by atoms with van der Waals surface area (Å²) in [6.45, 7) is 10.1. The highest BCUT2D eigenvalue weighted by atomic mass is 32.1. The van der Waals surface area contributed by atoms with Crippen molar-refractivity contribution in [3.8, 4) is 39.2 Å². The van der Waals surface area contributed by atoms with Crippen LogP contribution in [0, 0.1) is 12.8 Å². The molecule has 444 valence electrons. The number of thiazole rings is 1. The van der Waals surface area contributed by atoms with E-state index in [1.165, 1.54) is 4.90 Å². The molecule has 2 aliphatic carbocycles. The number of benzene rings is 2. The van der Waals surface area contributed by atoms with Crippen molar-refractivity contribution < 1.29 is 43.3 Å². The SMILES string of the molecule is Cc1ncsc1-c1ccc([C@@H](NC(=O)[C@@H]2C[C@@H](O)CN2C(=O)[C@@H](c2cc(OCCN3CCC(O[C@H]4C[C@H](Oc5cc(N6C7CCC6CN(c6cc(-c8ccccc8O)nnc6N)C7)ccn5)C4)CC3)no2)C(C)C)C(=O)N(C)C2CCC2)cc1. The molecule has 22 heteroatoms. The van der Waals surface area contributed by atoms with Gasteiger partial charge in [-0.2, -0.15) is 0 Å². The first-order valence-electron chi connectivity index (χ1n) is 29.8. The van der Waals surface area contributed by atoms with Gasteiger partial charge < -0.3 is 59.6 Å². The predicted octanol–water partition coefficient (Wildman–Crippen LogP) is 7.14. The molecule has 4 saturated heterocycles. The van der Waals surface area contributed by atoms with Gasteiger partial charge >= 0.3 is 0 Å². The number of phenols is 1. The first kappa shape index (κ1) is 57.1. The summed E-state index contributed by atoms with van der Waals surface area (Å²) in [6, 6.07) is 21.1. The first-order chi connectivity index (χ1) is 40.7. The van der Waals surface area contributed by atoms with E-state index in [1.807, 2.05) is 69.4 Å². The summed E-state index contributed by atoms with van der Waals surface area (Å²) in [4.78, 5) is 63.4. The van der Waals surface area contributed by atoms with Crippen molar-refractivity contribution in [1.82, 2.24) is 45.3 Å². The Balaban J connectivity index is 0.585. The molecule has 6 fully saturated rings. The molecule has 2 bridgehead atoms. The topological polar surface area (TPSA) is 251 Å². The molecular weight excluding hydrogens is 1090 g/mol. The number of likely N-dealkylation sites (tertiary alicyclic amines) is 2. The molecule has 12 rings (SSSR count). The Morgan fingerprint density at radius 1 is 0.881 bits per heavy atom. The summed E-state index contributed by atoms with van der Waals surface area (Å²) < 4.78 is 24.9. The minimum atomic E-state index is -1.01. The number of aliphatic hydroxyl groups excluding tert-OH is 1. The number of anilines is 3. The lowest BCUT2D eigenvalue weighted by Crippen LogP contribution is -2.54. The second kappa shape index (κ2) is 24.7. The number of hydrogen-bond donors (Lipinski definition) is 4. The average Bonchev–Trinajstić information content (AvgIpc) is 2.57. The number of fused-ring (bicyclic) bond motifs is 2. The molecule has 5 N–H and O–H groups in total.